The molecule has 6 heteroatoms. The van der Waals surface area contributed by atoms with E-state index in [4.69, 9.17) is 4.74 Å². The molecule has 0 aliphatic heterocycles. The van der Waals surface area contributed by atoms with Crippen molar-refractivity contribution in [2.24, 2.45) is 0 Å². The van der Waals surface area contributed by atoms with Crippen molar-refractivity contribution >= 4 is 11.6 Å². The summed E-state index contributed by atoms with van der Waals surface area (Å²) in [5, 5.41) is 10.6. The standard InChI is InChI=1S/C10H12N2O4/c1-11(2)10(13)7-4-8(12(14)15)6-9(5-7)16-3/h4-6H,1-3H3. The van der Waals surface area contributed by atoms with E-state index in [0.717, 1.165) is 0 Å². The molecule has 6 nitrogen and oxygen atoms in total. The Morgan fingerprint density at radius 2 is 2.00 bits per heavy atom. The predicted molar refractivity (Wildman–Crippen MR) is 57.7 cm³/mol. The fraction of sp³-hybridized carbons (Fsp3) is 0.300. The summed E-state index contributed by atoms with van der Waals surface area (Å²) in [7, 11) is 4.55. The molecule has 86 valence electrons. The summed E-state index contributed by atoms with van der Waals surface area (Å²) in [5.41, 5.74) is 0.0700. The van der Waals surface area contributed by atoms with Crippen LogP contribution in [0.15, 0.2) is 18.2 Å². The maximum absolute atomic E-state index is 11.6. The van der Waals surface area contributed by atoms with Gasteiger partial charge in [-0.1, -0.05) is 0 Å². The lowest BCUT2D eigenvalue weighted by Crippen LogP contribution is -2.21. The predicted octanol–water partition coefficient (Wildman–Crippen LogP) is 1.31. The smallest absolute Gasteiger partial charge is 0.273 e. The number of ether oxygens (including phenoxy) is 1. The van der Waals surface area contributed by atoms with Crippen LogP contribution in [0.4, 0.5) is 5.69 Å². The molecule has 1 amide bonds. The minimum atomic E-state index is -0.561. The summed E-state index contributed by atoms with van der Waals surface area (Å²) in [6, 6.07) is 3.96. The van der Waals surface area contributed by atoms with Crippen LogP contribution in [0.3, 0.4) is 0 Å². The minimum absolute atomic E-state index is 0.162. The molecule has 0 bridgehead atoms. The number of benzene rings is 1. The zero-order chi connectivity index (χ0) is 12.3. The molecule has 0 unspecified atom stereocenters. The summed E-state index contributed by atoms with van der Waals surface area (Å²) in [6.45, 7) is 0. The highest BCUT2D eigenvalue weighted by molar-refractivity contribution is 5.95. The third-order valence-corrected chi connectivity index (χ3v) is 1.99. The lowest BCUT2D eigenvalue weighted by atomic mass is 10.1. The molecule has 0 atom stereocenters. The summed E-state index contributed by atoms with van der Waals surface area (Å²) in [4.78, 5) is 23.1. The van der Waals surface area contributed by atoms with Crippen LogP contribution in [-0.4, -0.2) is 36.9 Å². The number of hydrogen-bond donors (Lipinski definition) is 0. The van der Waals surface area contributed by atoms with E-state index in [0.29, 0.717) is 5.75 Å². The highest BCUT2D eigenvalue weighted by atomic mass is 16.6. The van der Waals surface area contributed by atoms with Crippen molar-refractivity contribution < 1.29 is 14.5 Å². The van der Waals surface area contributed by atoms with Crippen molar-refractivity contribution in [3.05, 3.63) is 33.9 Å². The van der Waals surface area contributed by atoms with Gasteiger partial charge in [-0.05, 0) is 6.07 Å². The quantitative estimate of drug-likeness (QED) is 0.573. The molecule has 0 aromatic heterocycles. The molecule has 16 heavy (non-hydrogen) atoms. The van der Waals surface area contributed by atoms with Crippen molar-refractivity contribution in [3.63, 3.8) is 0 Å². The largest absolute Gasteiger partial charge is 0.496 e. The lowest BCUT2D eigenvalue weighted by Gasteiger charge is -2.10. The van der Waals surface area contributed by atoms with Crippen molar-refractivity contribution in [2.75, 3.05) is 21.2 Å². The second-order valence-corrected chi connectivity index (χ2v) is 3.38. The average Bonchev–Trinajstić information content (AvgIpc) is 2.27. The number of amides is 1. The summed E-state index contributed by atoms with van der Waals surface area (Å²) < 4.78 is 4.90. The summed E-state index contributed by atoms with van der Waals surface area (Å²) in [6.07, 6.45) is 0. The van der Waals surface area contributed by atoms with Crippen LogP contribution in [0.1, 0.15) is 10.4 Å². The van der Waals surface area contributed by atoms with Crippen LogP contribution < -0.4 is 4.74 Å². The van der Waals surface area contributed by atoms with Crippen LogP contribution in [0, 0.1) is 10.1 Å². The number of non-ortho nitro benzene ring substituents is 1. The number of nitro benzene ring substituents is 1. The van der Waals surface area contributed by atoms with E-state index in [1.54, 1.807) is 14.1 Å². The third kappa shape index (κ3) is 2.47. The molecule has 0 aliphatic carbocycles. The molecule has 0 saturated carbocycles. The van der Waals surface area contributed by atoms with Crippen molar-refractivity contribution in [3.8, 4) is 5.75 Å². The van der Waals surface area contributed by atoms with Gasteiger partial charge in [-0.2, -0.15) is 0 Å². The fourth-order valence-corrected chi connectivity index (χ4v) is 1.19. The molecular formula is C10H12N2O4. The zero-order valence-corrected chi connectivity index (χ0v) is 9.26. The van der Waals surface area contributed by atoms with E-state index in [-0.39, 0.29) is 17.2 Å². The van der Waals surface area contributed by atoms with Gasteiger partial charge in [0.15, 0.2) is 0 Å². The molecular weight excluding hydrogens is 212 g/mol. The van der Waals surface area contributed by atoms with E-state index in [2.05, 4.69) is 0 Å². The maximum atomic E-state index is 11.6. The molecule has 0 N–H and O–H groups in total. The van der Waals surface area contributed by atoms with E-state index >= 15 is 0 Å². The number of rotatable bonds is 3. The van der Waals surface area contributed by atoms with E-state index in [1.807, 2.05) is 0 Å². The summed E-state index contributed by atoms with van der Waals surface area (Å²) >= 11 is 0. The van der Waals surface area contributed by atoms with Crippen LogP contribution >= 0.6 is 0 Å². The SMILES string of the molecule is COc1cc(C(=O)N(C)C)cc([N+](=O)[O-])c1. The zero-order valence-electron chi connectivity index (χ0n) is 9.26. The van der Waals surface area contributed by atoms with E-state index in [1.165, 1.54) is 30.2 Å². The first kappa shape index (κ1) is 12.0. The Hall–Kier alpha value is -2.11. The highest BCUT2D eigenvalue weighted by Gasteiger charge is 2.15. The fourth-order valence-electron chi connectivity index (χ4n) is 1.19. The monoisotopic (exact) mass is 224 g/mol. The Balaban J connectivity index is 3.24. The molecule has 0 aliphatic rings. The Labute approximate surface area is 92.6 Å². The van der Waals surface area contributed by atoms with Gasteiger partial charge in [0, 0.05) is 25.7 Å². The number of carbonyl (C=O) groups excluding carboxylic acids is 1. The normalized spacial score (nSPS) is 9.69. The van der Waals surface area contributed by atoms with E-state index in [9.17, 15) is 14.9 Å². The Morgan fingerprint density at radius 3 is 2.44 bits per heavy atom. The van der Waals surface area contributed by atoms with Crippen molar-refractivity contribution in [1.29, 1.82) is 0 Å². The van der Waals surface area contributed by atoms with Gasteiger partial charge in [-0.25, -0.2) is 0 Å². The molecule has 0 saturated heterocycles. The molecule has 1 aromatic carbocycles. The second kappa shape index (κ2) is 4.61. The van der Waals surface area contributed by atoms with Crippen molar-refractivity contribution in [1.82, 2.24) is 4.90 Å². The molecule has 0 radical (unpaired) electrons. The van der Waals surface area contributed by atoms with E-state index < -0.39 is 4.92 Å². The van der Waals surface area contributed by atoms with Gasteiger partial charge in [0.25, 0.3) is 11.6 Å². The number of methoxy groups -OCH3 is 1. The highest BCUT2D eigenvalue weighted by Crippen LogP contribution is 2.23. The van der Waals surface area contributed by atoms with Crippen molar-refractivity contribution in [2.45, 2.75) is 0 Å². The molecule has 0 fully saturated rings. The number of carbonyl (C=O) groups is 1. The molecule has 0 heterocycles. The van der Waals surface area contributed by atoms with Crippen LogP contribution in [0.5, 0.6) is 5.75 Å². The lowest BCUT2D eigenvalue weighted by molar-refractivity contribution is -0.385. The minimum Gasteiger partial charge on any atom is -0.496 e. The van der Waals surface area contributed by atoms with Gasteiger partial charge in [0.05, 0.1) is 18.1 Å². The van der Waals surface area contributed by atoms with Gasteiger partial charge < -0.3 is 9.64 Å². The Morgan fingerprint density at radius 1 is 1.38 bits per heavy atom. The molecule has 1 aromatic rings. The van der Waals surface area contributed by atoms with Gasteiger partial charge in [0.1, 0.15) is 5.75 Å². The van der Waals surface area contributed by atoms with Gasteiger partial charge >= 0.3 is 0 Å². The average molecular weight is 224 g/mol. The first-order valence-electron chi connectivity index (χ1n) is 4.51. The third-order valence-electron chi connectivity index (χ3n) is 1.99. The van der Waals surface area contributed by atoms with Gasteiger partial charge in [0.2, 0.25) is 0 Å². The van der Waals surface area contributed by atoms with Gasteiger partial charge in [-0.15, -0.1) is 0 Å². The number of nitro groups is 1. The Kier molecular flexibility index (Phi) is 3.44. The van der Waals surface area contributed by atoms with Gasteiger partial charge in [-0.3, -0.25) is 14.9 Å². The summed E-state index contributed by atoms with van der Waals surface area (Å²) in [5.74, 6) is -0.0126. The van der Waals surface area contributed by atoms with Crippen LogP contribution in [0.25, 0.3) is 0 Å². The topological polar surface area (TPSA) is 72.7 Å². The molecule has 0 spiro atoms. The number of nitrogens with zero attached hydrogens (tertiary/aromatic N) is 2. The van der Waals surface area contributed by atoms with Crippen LogP contribution in [-0.2, 0) is 0 Å². The first-order chi connectivity index (χ1) is 7.45. The second-order valence-electron chi connectivity index (χ2n) is 3.38. The number of hydrogen-bond acceptors (Lipinski definition) is 4. The molecule has 1 rings (SSSR count). The van der Waals surface area contributed by atoms with Crippen LogP contribution in [0.2, 0.25) is 0 Å². The Bertz CT molecular complexity index is 429. The first-order valence-corrected chi connectivity index (χ1v) is 4.51. The maximum Gasteiger partial charge on any atom is 0.273 e.